The first-order chi connectivity index (χ1) is 15.0. The molecule has 1 heterocycles. The lowest BCUT2D eigenvalue weighted by Gasteiger charge is -2.19. The van der Waals surface area contributed by atoms with Crippen molar-refractivity contribution in [2.24, 2.45) is 5.92 Å². The molecule has 2 aromatic carbocycles. The third-order valence-electron chi connectivity index (χ3n) is 4.43. The van der Waals surface area contributed by atoms with Gasteiger partial charge in [-0.2, -0.15) is 0 Å². The van der Waals surface area contributed by atoms with Crippen LogP contribution in [0.3, 0.4) is 0 Å². The number of para-hydroxylation sites is 2. The molecule has 31 heavy (non-hydrogen) atoms. The first kappa shape index (κ1) is 23.3. The van der Waals surface area contributed by atoms with Crippen molar-refractivity contribution < 1.29 is 14.2 Å². The van der Waals surface area contributed by atoms with Gasteiger partial charge in [-0.15, -0.1) is 10.2 Å². The van der Waals surface area contributed by atoms with E-state index in [1.165, 1.54) is 0 Å². The minimum atomic E-state index is -0.276. The normalized spacial score (nSPS) is 12.1. The predicted octanol–water partition coefficient (Wildman–Crippen LogP) is 5.91. The predicted molar refractivity (Wildman–Crippen MR) is 125 cm³/mol. The summed E-state index contributed by atoms with van der Waals surface area (Å²) in [5.41, 5.74) is 0. The first-order valence-electron chi connectivity index (χ1n) is 10.2. The average molecular weight is 462 g/mol. The van der Waals surface area contributed by atoms with Crippen LogP contribution in [-0.4, -0.2) is 34.2 Å². The Balaban J connectivity index is 1.66. The Morgan fingerprint density at radius 1 is 1.00 bits per heavy atom. The van der Waals surface area contributed by atoms with Crippen molar-refractivity contribution >= 4 is 23.4 Å². The highest BCUT2D eigenvalue weighted by Gasteiger charge is 2.21. The summed E-state index contributed by atoms with van der Waals surface area (Å²) in [5, 5.41) is 10.4. The summed E-state index contributed by atoms with van der Waals surface area (Å²) >= 11 is 7.53. The Bertz CT molecular complexity index is 963. The fourth-order valence-corrected chi connectivity index (χ4v) is 3.92. The van der Waals surface area contributed by atoms with Crippen LogP contribution in [0.4, 0.5) is 0 Å². The SMILES string of the molecule is COc1ccccc1OC(C)c1nnc(SCCOc2ccc(Cl)cc2)n1CC(C)C. The number of hydrogen-bond donors (Lipinski definition) is 0. The summed E-state index contributed by atoms with van der Waals surface area (Å²) in [4.78, 5) is 0. The molecule has 3 aromatic rings. The topological polar surface area (TPSA) is 58.4 Å². The van der Waals surface area contributed by atoms with Crippen LogP contribution in [0, 0.1) is 5.92 Å². The van der Waals surface area contributed by atoms with Gasteiger partial charge in [0.05, 0.1) is 13.7 Å². The van der Waals surface area contributed by atoms with Gasteiger partial charge in [0.15, 0.2) is 28.6 Å². The molecular weight excluding hydrogens is 434 g/mol. The highest BCUT2D eigenvalue weighted by Crippen LogP contribution is 2.31. The van der Waals surface area contributed by atoms with Crippen molar-refractivity contribution in [3.05, 3.63) is 59.4 Å². The van der Waals surface area contributed by atoms with Gasteiger partial charge in [-0.25, -0.2) is 0 Å². The Morgan fingerprint density at radius 3 is 2.39 bits per heavy atom. The summed E-state index contributed by atoms with van der Waals surface area (Å²) in [6.45, 7) is 7.69. The second-order valence-corrected chi connectivity index (χ2v) is 8.91. The quantitative estimate of drug-likeness (QED) is 0.261. The molecule has 0 aliphatic heterocycles. The Kier molecular flexibility index (Phi) is 8.49. The van der Waals surface area contributed by atoms with E-state index in [-0.39, 0.29) is 6.10 Å². The Hall–Kier alpha value is -2.38. The van der Waals surface area contributed by atoms with Gasteiger partial charge < -0.3 is 18.8 Å². The highest BCUT2D eigenvalue weighted by atomic mass is 35.5. The maximum atomic E-state index is 6.16. The first-order valence-corrected chi connectivity index (χ1v) is 11.6. The Morgan fingerprint density at radius 2 is 1.71 bits per heavy atom. The van der Waals surface area contributed by atoms with Crippen LogP contribution < -0.4 is 14.2 Å². The van der Waals surface area contributed by atoms with Crippen LogP contribution >= 0.6 is 23.4 Å². The largest absolute Gasteiger partial charge is 0.493 e. The van der Waals surface area contributed by atoms with Gasteiger partial charge in [0.1, 0.15) is 5.75 Å². The molecular formula is C23H28ClN3O3S. The molecule has 1 unspecified atom stereocenters. The van der Waals surface area contributed by atoms with Crippen LogP contribution in [-0.2, 0) is 6.54 Å². The third-order valence-corrected chi connectivity index (χ3v) is 5.61. The fourth-order valence-electron chi connectivity index (χ4n) is 3.03. The Labute approximate surface area is 192 Å². The van der Waals surface area contributed by atoms with Gasteiger partial charge in [0.2, 0.25) is 0 Å². The molecule has 6 nitrogen and oxygen atoms in total. The number of methoxy groups -OCH3 is 1. The molecule has 0 N–H and O–H groups in total. The van der Waals surface area contributed by atoms with E-state index in [9.17, 15) is 0 Å². The maximum Gasteiger partial charge on any atom is 0.191 e. The lowest BCUT2D eigenvalue weighted by atomic mass is 10.2. The van der Waals surface area contributed by atoms with Crippen molar-refractivity contribution in [2.45, 2.75) is 38.6 Å². The highest BCUT2D eigenvalue weighted by molar-refractivity contribution is 7.99. The summed E-state index contributed by atoms with van der Waals surface area (Å²) in [6.07, 6.45) is -0.276. The number of halogens is 1. The average Bonchev–Trinajstić information content (AvgIpc) is 3.14. The molecule has 166 valence electrons. The molecule has 0 aliphatic rings. The van der Waals surface area contributed by atoms with Gasteiger partial charge in [0, 0.05) is 17.3 Å². The molecule has 1 atom stereocenters. The summed E-state index contributed by atoms with van der Waals surface area (Å²) in [5.74, 6) is 4.16. The summed E-state index contributed by atoms with van der Waals surface area (Å²) in [6, 6.07) is 15.0. The van der Waals surface area contributed by atoms with E-state index in [0.717, 1.165) is 29.0 Å². The zero-order valence-electron chi connectivity index (χ0n) is 18.2. The molecule has 0 fully saturated rings. The van der Waals surface area contributed by atoms with Gasteiger partial charge in [-0.05, 0) is 49.2 Å². The molecule has 0 saturated heterocycles. The van der Waals surface area contributed by atoms with Gasteiger partial charge in [0.25, 0.3) is 0 Å². The molecule has 0 amide bonds. The van der Waals surface area contributed by atoms with Crippen LogP contribution in [0.25, 0.3) is 0 Å². The van der Waals surface area contributed by atoms with E-state index in [1.54, 1.807) is 18.9 Å². The number of nitrogens with zero attached hydrogens (tertiary/aromatic N) is 3. The van der Waals surface area contributed by atoms with Crippen molar-refractivity contribution in [3.8, 4) is 17.2 Å². The number of hydrogen-bond acceptors (Lipinski definition) is 6. The lowest BCUT2D eigenvalue weighted by Crippen LogP contribution is -2.15. The minimum Gasteiger partial charge on any atom is -0.493 e. The van der Waals surface area contributed by atoms with Gasteiger partial charge in [-0.3, -0.25) is 0 Å². The lowest BCUT2D eigenvalue weighted by molar-refractivity contribution is 0.198. The third kappa shape index (κ3) is 6.55. The van der Waals surface area contributed by atoms with Crippen LogP contribution in [0.1, 0.15) is 32.7 Å². The molecule has 0 saturated carbocycles. The maximum absolute atomic E-state index is 6.16. The second-order valence-electron chi connectivity index (χ2n) is 7.41. The molecule has 0 aliphatic carbocycles. The van der Waals surface area contributed by atoms with Crippen molar-refractivity contribution in [3.63, 3.8) is 0 Å². The fraction of sp³-hybridized carbons (Fsp3) is 0.391. The van der Waals surface area contributed by atoms with Crippen molar-refractivity contribution in [1.82, 2.24) is 14.8 Å². The number of thioether (sulfide) groups is 1. The van der Waals surface area contributed by atoms with Crippen molar-refractivity contribution in [1.29, 1.82) is 0 Å². The minimum absolute atomic E-state index is 0.276. The molecule has 0 spiro atoms. The monoisotopic (exact) mass is 461 g/mol. The van der Waals surface area contributed by atoms with Crippen molar-refractivity contribution in [2.75, 3.05) is 19.5 Å². The van der Waals surface area contributed by atoms with E-state index >= 15 is 0 Å². The van der Waals surface area contributed by atoms with Gasteiger partial charge in [-0.1, -0.05) is 49.3 Å². The zero-order valence-corrected chi connectivity index (χ0v) is 19.8. The second kappa shape index (κ2) is 11.3. The van der Waals surface area contributed by atoms with Crippen LogP contribution in [0.2, 0.25) is 5.02 Å². The number of benzene rings is 2. The van der Waals surface area contributed by atoms with Crippen LogP contribution in [0.15, 0.2) is 53.7 Å². The number of aromatic nitrogens is 3. The number of rotatable bonds is 11. The molecule has 1 aromatic heterocycles. The van der Waals surface area contributed by atoms with E-state index in [2.05, 4.69) is 28.6 Å². The molecule has 3 rings (SSSR count). The van der Waals surface area contributed by atoms with Crippen LogP contribution in [0.5, 0.6) is 17.2 Å². The smallest absolute Gasteiger partial charge is 0.191 e. The zero-order chi connectivity index (χ0) is 22.2. The van der Waals surface area contributed by atoms with Gasteiger partial charge >= 0.3 is 0 Å². The summed E-state index contributed by atoms with van der Waals surface area (Å²) < 4.78 is 19.5. The number of ether oxygens (including phenoxy) is 3. The van der Waals surface area contributed by atoms with E-state index in [0.29, 0.717) is 29.0 Å². The molecule has 0 bridgehead atoms. The van der Waals surface area contributed by atoms with E-state index in [4.69, 9.17) is 25.8 Å². The van der Waals surface area contributed by atoms with E-state index in [1.807, 2.05) is 55.5 Å². The standard InChI is InChI=1S/C23H28ClN3O3S/c1-16(2)15-27-22(17(3)30-21-8-6-5-7-20(21)28-4)25-26-23(27)31-14-13-29-19-11-9-18(24)10-12-19/h5-12,16-17H,13-15H2,1-4H3. The summed E-state index contributed by atoms with van der Waals surface area (Å²) in [7, 11) is 1.63. The molecule has 8 heteroatoms. The van der Waals surface area contributed by atoms with E-state index < -0.39 is 0 Å². The molecule has 0 radical (unpaired) electrons.